The standard InChI is InChI=1S/C16H13F3N2O3/c1-24-15(23)12-7-5-11(6-8-12)14(22)21(10-16(17,18)19)13-4-2-3-9-20-13/h2-9H,10H2,1H3. The molecule has 2 rings (SSSR count). The molecule has 0 unspecified atom stereocenters. The lowest BCUT2D eigenvalue weighted by molar-refractivity contribution is -0.118. The van der Waals surface area contributed by atoms with E-state index in [1.165, 1.54) is 55.8 Å². The monoisotopic (exact) mass is 338 g/mol. The fourth-order valence-corrected chi connectivity index (χ4v) is 1.97. The zero-order valence-corrected chi connectivity index (χ0v) is 12.6. The highest BCUT2D eigenvalue weighted by atomic mass is 19.4. The van der Waals surface area contributed by atoms with E-state index in [1.54, 1.807) is 0 Å². The van der Waals surface area contributed by atoms with Gasteiger partial charge in [0.05, 0.1) is 12.7 Å². The fraction of sp³-hybridized carbons (Fsp3) is 0.188. The summed E-state index contributed by atoms with van der Waals surface area (Å²) in [6.07, 6.45) is -3.29. The number of amides is 1. The average molecular weight is 338 g/mol. The predicted molar refractivity (Wildman–Crippen MR) is 79.8 cm³/mol. The zero-order chi connectivity index (χ0) is 17.7. The number of esters is 1. The maximum Gasteiger partial charge on any atom is 0.406 e. The third-order valence-corrected chi connectivity index (χ3v) is 3.06. The van der Waals surface area contributed by atoms with Gasteiger partial charge >= 0.3 is 12.1 Å². The lowest BCUT2D eigenvalue weighted by Crippen LogP contribution is -2.39. The van der Waals surface area contributed by atoms with Crippen molar-refractivity contribution in [2.75, 3.05) is 18.6 Å². The molecule has 0 aliphatic rings. The number of hydrogen-bond donors (Lipinski definition) is 0. The van der Waals surface area contributed by atoms with Gasteiger partial charge < -0.3 is 4.74 Å². The number of aromatic nitrogens is 1. The van der Waals surface area contributed by atoms with Crippen molar-refractivity contribution in [3.63, 3.8) is 0 Å². The van der Waals surface area contributed by atoms with Crippen molar-refractivity contribution in [1.29, 1.82) is 0 Å². The molecule has 0 saturated carbocycles. The van der Waals surface area contributed by atoms with Crippen LogP contribution in [-0.2, 0) is 4.74 Å². The largest absolute Gasteiger partial charge is 0.465 e. The van der Waals surface area contributed by atoms with Gasteiger partial charge in [0.15, 0.2) is 0 Å². The van der Waals surface area contributed by atoms with Gasteiger partial charge in [-0.2, -0.15) is 13.2 Å². The number of ether oxygens (including phenoxy) is 1. The SMILES string of the molecule is COC(=O)c1ccc(C(=O)N(CC(F)(F)F)c2ccccn2)cc1. The second-order valence-corrected chi connectivity index (χ2v) is 4.76. The van der Waals surface area contributed by atoms with Crippen molar-refractivity contribution in [2.45, 2.75) is 6.18 Å². The molecule has 0 saturated heterocycles. The van der Waals surface area contributed by atoms with Crippen molar-refractivity contribution >= 4 is 17.7 Å². The second-order valence-electron chi connectivity index (χ2n) is 4.76. The third kappa shape index (κ3) is 4.31. The fourth-order valence-electron chi connectivity index (χ4n) is 1.97. The summed E-state index contributed by atoms with van der Waals surface area (Å²) in [7, 11) is 1.20. The zero-order valence-electron chi connectivity index (χ0n) is 12.6. The van der Waals surface area contributed by atoms with Crippen molar-refractivity contribution in [1.82, 2.24) is 4.98 Å². The Morgan fingerprint density at radius 1 is 1.08 bits per heavy atom. The molecule has 5 nitrogen and oxygen atoms in total. The molecule has 1 aromatic carbocycles. The van der Waals surface area contributed by atoms with Gasteiger partial charge in [-0.05, 0) is 36.4 Å². The summed E-state index contributed by atoms with van der Waals surface area (Å²) >= 11 is 0. The van der Waals surface area contributed by atoms with Gasteiger partial charge in [0.2, 0.25) is 0 Å². The Hall–Kier alpha value is -2.90. The van der Waals surface area contributed by atoms with E-state index in [0.717, 1.165) is 0 Å². The Balaban J connectivity index is 2.32. The maximum atomic E-state index is 12.8. The number of carbonyl (C=O) groups is 2. The van der Waals surface area contributed by atoms with Crippen LogP contribution >= 0.6 is 0 Å². The first-order valence-corrected chi connectivity index (χ1v) is 6.80. The molecule has 0 spiro atoms. The van der Waals surface area contributed by atoms with Crippen LogP contribution in [0.5, 0.6) is 0 Å². The molecule has 1 amide bonds. The van der Waals surface area contributed by atoms with E-state index in [0.29, 0.717) is 4.90 Å². The topological polar surface area (TPSA) is 59.5 Å². The lowest BCUT2D eigenvalue weighted by Gasteiger charge is -2.23. The molecular formula is C16H13F3N2O3. The first kappa shape index (κ1) is 17.5. The van der Waals surface area contributed by atoms with Gasteiger partial charge in [-0.25, -0.2) is 9.78 Å². The first-order valence-electron chi connectivity index (χ1n) is 6.80. The van der Waals surface area contributed by atoms with E-state index in [9.17, 15) is 22.8 Å². The summed E-state index contributed by atoms with van der Waals surface area (Å²) in [4.78, 5) is 28.1. The average Bonchev–Trinajstić information content (AvgIpc) is 2.58. The molecule has 0 aliphatic carbocycles. The molecule has 0 aliphatic heterocycles. The molecule has 0 bridgehead atoms. The Labute approximate surface area is 135 Å². The van der Waals surface area contributed by atoms with E-state index in [4.69, 9.17) is 0 Å². The van der Waals surface area contributed by atoms with Crippen LogP contribution in [0.15, 0.2) is 48.7 Å². The molecule has 2 aromatic rings. The minimum atomic E-state index is -4.58. The van der Waals surface area contributed by atoms with Crippen molar-refractivity contribution in [3.05, 3.63) is 59.8 Å². The quantitative estimate of drug-likeness (QED) is 0.804. The molecule has 0 N–H and O–H groups in total. The molecule has 0 fully saturated rings. The molecule has 8 heteroatoms. The number of methoxy groups -OCH3 is 1. The second kappa shape index (κ2) is 7.12. The number of anilines is 1. The number of halogens is 3. The molecular weight excluding hydrogens is 325 g/mol. The number of hydrogen-bond acceptors (Lipinski definition) is 4. The Morgan fingerprint density at radius 3 is 2.21 bits per heavy atom. The first-order chi connectivity index (χ1) is 11.3. The van der Waals surface area contributed by atoms with Crippen LogP contribution in [0.4, 0.5) is 19.0 Å². The smallest absolute Gasteiger partial charge is 0.406 e. The van der Waals surface area contributed by atoms with Crippen LogP contribution < -0.4 is 4.90 Å². The summed E-state index contributed by atoms with van der Waals surface area (Å²) in [6, 6.07) is 9.48. The number of pyridine rings is 1. The van der Waals surface area contributed by atoms with Crippen LogP contribution in [-0.4, -0.2) is 36.7 Å². The Kier molecular flexibility index (Phi) is 5.18. The van der Waals surface area contributed by atoms with Crippen LogP contribution in [0.2, 0.25) is 0 Å². The van der Waals surface area contributed by atoms with Gasteiger partial charge in [0.25, 0.3) is 5.91 Å². The summed E-state index contributed by atoms with van der Waals surface area (Å²) < 4.78 is 42.9. The van der Waals surface area contributed by atoms with Gasteiger partial charge in [-0.3, -0.25) is 9.69 Å². The summed E-state index contributed by atoms with van der Waals surface area (Å²) in [6.45, 7) is -1.47. The highest BCUT2D eigenvalue weighted by Gasteiger charge is 2.34. The number of nitrogens with zero attached hydrogens (tertiary/aromatic N) is 2. The maximum absolute atomic E-state index is 12.8. The lowest BCUT2D eigenvalue weighted by atomic mass is 10.1. The Bertz CT molecular complexity index is 716. The van der Waals surface area contributed by atoms with Crippen molar-refractivity contribution < 1.29 is 27.5 Å². The number of benzene rings is 1. The molecule has 1 heterocycles. The molecule has 0 radical (unpaired) electrons. The molecule has 24 heavy (non-hydrogen) atoms. The summed E-state index contributed by atoms with van der Waals surface area (Å²) in [5.74, 6) is -1.59. The van der Waals surface area contributed by atoms with E-state index < -0.39 is 24.6 Å². The normalized spacial score (nSPS) is 11.0. The highest BCUT2D eigenvalue weighted by Crippen LogP contribution is 2.22. The van der Waals surface area contributed by atoms with Crippen molar-refractivity contribution in [3.8, 4) is 0 Å². The minimum Gasteiger partial charge on any atom is -0.465 e. The van der Waals surface area contributed by atoms with Gasteiger partial charge in [0.1, 0.15) is 12.4 Å². The molecule has 1 aromatic heterocycles. The van der Waals surface area contributed by atoms with Crippen LogP contribution in [0.1, 0.15) is 20.7 Å². The van der Waals surface area contributed by atoms with E-state index in [-0.39, 0.29) is 16.9 Å². The highest BCUT2D eigenvalue weighted by molar-refractivity contribution is 6.06. The van der Waals surface area contributed by atoms with Crippen molar-refractivity contribution in [2.24, 2.45) is 0 Å². The predicted octanol–water partition coefficient (Wildman–Crippen LogP) is 3.08. The summed E-state index contributed by atoms with van der Waals surface area (Å²) in [5.41, 5.74) is 0.187. The van der Waals surface area contributed by atoms with Gasteiger partial charge in [-0.15, -0.1) is 0 Å². The number of alkyl halides is 3. The molecule has 126 valence electrons. The minimum absolute atomic E-state index is 0.00226. The Morgan fingerprint density at radius 2 is 1.71 bits per heavy atom. The number of carbonyl (C=O) groups excluding carboxylic acids is 2. The summed E-state index contributed by atoms with van der Waals surface area (Å²) in [5, 5.41) is 0. The number of rotatable bonds is 4. The van der Waals surface area contributed by atoms with Crippen LogP contribution in [0.3, 0.4) is 0 Å². The van der Waals surface area contributed by atoms with Crippen LogP contribution in [0, 0.1) is 0 Å². The van der Waals surface area contributed by atoms with E-state index in [2.05, 4.69) is 9.72 Å². The van der Waals surface area contributed by atoms with Gasteiger partial charge in [-0.1, -0.05) is 6.07 Å². The van der Waals surface area contributed by atoms with E-state index in [1.807, 2.05) is 0 Å². The van der Waals surface area contributed by atoms with Crippen LogP contribution in [0.25, 0.3) is 0 Å². The van der Waals surface area contributed by atoms with Gasteiger partial charge in [0, 0.05) is 11.8 Å². The van der Waals surface area contributed by atoms with E-state index >= 15 is 0 Å². The molecule has 0 atom stereocenters. The third-order valence-electron chi connectivity index (χ3n) is 3.06.